The molecule has 3 aliphatic carbocycles. The second-order valence-electron chi connectivity index (χ2n) is 20.0. The zero-order chi connectivity index (χ0) is 48.0. The molecule has 17 heteroatoms. The molecule has 3 N–H and O–H groups in total. The maximum atomic E-state index is 15.6. The van der Waals surface area contributed by atoms with Gasteiger partial charge in [0.05, 0.1) is 29.6 Å². The second kappa shape index (κ2) is 16.3. The number of benzene rings is 2. The van der Waals surface area contributed by atoms with Crippen molar-refractivity contribution in [1.29, 1.82) is 0 Å². The van der Waals surface area contributed by atoms with Crippen LogP contribution >= 0.6 is 0 Å². The summed E-state index contributed by atoms with van der Waals surface area (Å²) in [5, 5.41) is 37.6. The lowest BCUT2D eigenvalue weighted by Crippen LogP contribution is -2.85. The fourth-order valence-corrected chi connectivity index (χ4v) is 11.0. The van der Waals surface area contributed by atoms with Crippen LogP contribution in [0.2, 0.25) is 0 Å². The summed E-state index contributed by atoms with van der Waals surface area (Å²) in [5.41, 5.74) is -10.2. The van der Waals surface area contributed by atoms with Gasteiger partial charge in [0.2, 0.25) is 0 Å². The molecular weight excluding hydrogens is 847 g/mol. The summed E-state index contributed by atoms with van der Waals surface area (Å²) in [6.07, 6.45) is -13.5. The first-order chi connectivity index (χ1) is 30.1. The van der Waals surface area contributed by atoms with Crippen LogP contribution in [0.3, 0.4) is 0 Å². The van der Waals surface area contributed by atoms with E-state index in [1.54, 1.807) is 97.0 Å². The molecule has 2 aliphatic heterocycles. The maximum Gasteiger partial charge on any atom is 0.413 e. The predicted octanol–water partition coefficient (Wildman–Crippen LogP) is 4.29. The van der Waals surface area contributed by atoms with Gasteiger partial charge in [-0.2, -0.15) is 0 Å². The third kappa shape index (κ3) is 7.62. The van der Waals surface area contributed by atoms with E-state index in [2.05, 4.69) is 0 Å². The third-order valence-electron chi connectivity index (χ3n) is 14.0. The molecule has 2 saturated carbocycles. The largest absolute Gasteiger partial charge is 0.456 e. The molecule has 2 aromatic rings. The number of esters is 4. The molecule has 0 radical (unpaired) electrons. The summed E-state index contributed by atoms with van der Waals surface area (Å²) in [5.74, 6) is -6.48. The Labute approximate surface area is 377 Å². The molecule has 2 saturated heterocycles. The molecular formula is C48H59NO16. The molecule has 5 aliphatic rings. The van der Waals surface area contributed by atoms with Crippen molar-refractivity contribution in [3.63, 3.8) is 0 Å². The molecule has 0 aromatic heterocycles. The Bertz CT molecular complexity index is 2290. The number of aliphatic hydroxyl groups excluding tert-OH is 2. The molecule has 2 bridgehead atoms. The van der Waals surface area contributed by atoms with E-state index in [-0.39, 0.29) is 16.7 Å². The van der Waals surface area contributed by atoms with Crippen molar-refractivity contribution in [3.05, 3.63) is 82.9 Å². The van der Waals surface area contributed by atoms with Crippen molar-refractivity contribution in [3.8, 4) is 0 Å². The lowest BCUT2D eigenvalue weighted by Gasteiger charge is -2.68. The molecule has 12 atom stereocenters. The molecule has 7 rings (SSSR count). The van der Waals surface area contributed by atoms with Crippen LogP contribution < -0.4 is 0 Å². The van der Waals surface area contributed by atoms with E-state index in [0.29, 0.717) is 5.56 Å². The average molecular weight is 906 g/mol. The fourth-order valence-electron chi connectivity index (χ4n) is 11.0. The first-order valence-electron chi connectivity index (χ1n) is 21.7. The van der Waals surface area contributed by atoms with Crippen molar-refractivity contribution >= 4 is 35.8 Å². The van der Waals surface area contributed by atoms with Crippen molar-refractivity contribution in [2.24, 2.45) is 16.7 Å². The van der Waals surface area contributed by atoms with Crippen LogP contribution in [0.5, 0.6) is 0 Å². The molecule has 1 unspecified atom stereocenters. The Balaban J connectivity index is 1.43. The quantitative estimate of drug-likeness (QED) is 0.200. The molecule has 2 heterocycles. The highest BCUT2D eigenvalue weighted by Crippen LogP contribution is 2.64. The number of ether oxygens (including phenoxy) is 7. The van der Waals surface area contributed by atoms with Gasteiger partial charge < -0.3 is 48.5 Å². The Morgan fingerprint density at radius 2 is 1.45 bits per heavy atom. The van der Waals surface area contributed by atoms with E-state index >= 15 is 4.79 Å². The zero-order valence-electron chi connectivity index (χ0n) is 38.5. The lowest BCUT2D eigenvalue weighted by molar-refractivity contribution is -0.369. The SMILES string of the molecule is CC(=O)O[C@@H]1C(=O)[C@]2(C)C([C@@H](OC(=O)c3ccccc3)[C@@]3(O)C[C@@H](OC(=O)[C@H]4OC(C)(C)N(C(=O)OC(C)(C)C)[C@@H]4c4ccccc4)C(C)=C1C3(C)C)[C@@]1(OC(C)=O)CO[C@H]1[C@H](O)[C@@H]2O. The third-order valence-corrected chi connectivity index (χ3v) is 14.0. The molecule has 0 spiro atoms. The van der Waals surface area contributed by atoms with E-state index in [1.165, 1.54) is 30.9 Å². The lowest BCUT2D eigenvalue weighted by atomic mass is 9.44. The Morgan fingerprint density at radius 1 is 0.846 bits per heavy atom. The molecule has 2 aromatic carbocycles. The highest BCUT2D eigenvalue weighted by Gasteiger charge is 2.80. The Morgan fingerprint density at radius 3 is 1.98 bits per heavy atom. The monoisotopic (exact) mass is 905 g/mol. The predicted molar refractivity (Wildman–Crippen MR) is 226 cm³/mol. The van der Waals surface area contributed by atoms with E-state index in [0.717, 1.165) is 13.8 Å². The van der Waals surface area contributed by atoms with E-state index in [4.69, 9.17) is 33.2 Å². The summed E-state index contributed by atoms with van der Waals surface area (Å²) in [6, 6.07) is 15.3. The highest BCUT2D eigenvalue weighted by molar-refractivity contribution is 5.96. The number of aliphatic hydroxyl groups is 3. The number of amides is 1. The number of carbonyl (C=O) groups excluding carboxylic acids is 6. The van der Waals surface area contributed by atoms with Crippen LogP contribution in [0.25, 0.3) is 0 Å². The summed E-state index contributed by atoms with van der Waals surface area (Å²) in [4.78, 5) is 86.4. The molecule has 4 fully saturated rings. The number of ketones is 1. The van der Waals surface area contributed by atoms with Gasteiger partial charge in [0.25, 0.3) is 0 Å². The van der Waals surface area contributed by atoms with Gasteiger partial charge in [-0.3, -0.25) is 19.3 Å². The number of Topliss-reactive ketones (excluding diaryl/α,β-unsaturated/α-hetero) is 1. The van der Waals surface area contributed by atoms with Gasteiger partial charge in [-0.05, 0) is 77.3 Å². The minimum atomic E-state index is -2.45. The van der Waals surface area contributed by atoms with Crippen LogP contribution in [0, 0.1) is 16.7 Å². The first-order valence-corrected chi connectivity index (χ1v) is 21.7. The number of hydrogen-bond donors (Lipinski definition) is 3. The van der Waals surface area contributed by atoms with Gasteiger partial charge in [0, 0.05) is 25.7 Å². The maximum absolute atomic E-state index is 15.6. The van der Waals surface area contributed by atoms with Gasteiger partial charge in [-0.1, -0.05) is 62.4 Å². The van der Waals surface area contributed by atoms with Crippen LogP contribution in [0.4, 0.5) is 4.79 Å². The van der Waals surface area contributed by atoms with Crippen molar-refractivity contribution in [2.75, 3.05) is 6.61 Å². The fraction of sp³-hybridized carbons (Fsp3) is 0.583. The van der Waals surface area contributed by atoms with Crippen LogP contribution in [-0.2, 0) is 52.3 Å². The summed E-state index contributed by atoms with van der Waals surface area (Å²) in [6.45, 7) is 15.9. The minimum Gasteiger partial charge on any atom is -0.456 e. The number of nitrogens with zero attached hydrogens (tertiary/aromatic N) is 1. The number of fused-ring (bicyclic) bond motifs is 5. The van der Waals surface area contributed by atoms with Gasteiger partial charge in [-0.15, -0.1) is 0 Å². The van der Waals surface area contributed by atoms with Crippen molar-refractivity contribution in [2.45, 2.75) is 154 Å². The number of hydrogen-bond acceptors (Lipinski definition) is 16. The number of carbonyl (C=O) groups is 6. The number of rotatable bonds is 7. The van der Waals surface area contributed by atoms with Crippen LogP contribution in [0.1, 0.15) is 105 Å². The summed E-state index contributed by atoms with van der Waals surface area (Å²) >= 11 is 0. The van der Waals surface area contributed by atoms with E-state index in [9.17, 15) is 39.3 Å². The molecule has 65 heavy (non-hydrogen) atoms. The standard InChI is InChI=1S/C48H59NO16/c1-24-29(61-41(56)34-31(27-18-14-12-15-19-27)49(45(9,10)64-34)42(57)65-43(4,5)6)22-48(58)39(62-40(55)28-20-16-13-17-21-28)35-46(11,37(54)33(60-25(2)50)30(24)44(48,7)8)36(53)32(52)38-47(35,23-59-38)63-26(3)51/h12-21,29,31-36,38-39,52-53,58H,22-23H2,1-11H3/t29-,31-,32-,33+,34+,35?,36+,38+,39-,46-,47+,48+/m1/s1. The highest BCUT2D eigenvalue weighted by atomic mass is 16.6. The summed E-state index contributed by atoms with van der Waals surface area (Å²) < 4.78 is 42.6. The second-order valence-corrected chi connectivity index (χ2v) is 20.0. The normalized spacial score (nSPS) is 35.8. The van der Waals surface area contributed by atoms with Crippen LogP contribution in [0.15, 0.2) is 71.8 Å². The van der Waals surface area contributed by atoms with Gasteiger partial charge >= 0.3 is 30.0 Å². The molecule has 1 amide bonds. The zero-order valence-corrected chi connectivity index (χ0v) is 38.5. The first kappa shape index (κ1) is 47.8. The molecule has 17 nitrogen and oxygen atoms in total. The van der Waals surface area contributed by atoms with Gasteiger partial charge in [-0.25, -0.2) is 14.4 Å². The van der Waals surface area contributed by atoms with E-state index < -0.39 is 137 Å². The minimum absolute atomic E-state index is 0.0364. The average Bonchev–Trinajstić information content (AvgIpc) is 3.50. The van der Waals surface area contributed by atoms with Gasteiger partial charge in [0.1, 0.15) is 47.4 Å². The Hall–Kier alpha value is -5.20. The van der Waals surface area contributed by atoms with E-state index in [1.807, 2.05) is 0 Å². The molecule has 352 valence electrons. The Kier molecular flexibility index (Phi) is 12.0. The summed E-state index contributed by atoms with van der Waals surface area (Å²) in [7, 11) is 0. The van der Waals surface area contributed by atoms with Crippen molar-refractivity contribution in [1.82, 2.24) is 4.90 Å². The van der Waals surface area contributed by atoms with Crippen LogP contribution in [-0.4, -0.2) is 128 Å². The van der Waals surface area contributed by atoms with Gasteiger partial charge in [0.15, 0.2) is 23.6 Å². The van der Waals surface area contributed by atoms with Crippen molar-refractivity contribution < 1.29 is 77.2 Å². The topological polar surface area (TPSA) is 231 Å². The smallest absolute Gasteiger partial charge is 0.413 e.